The summed E-state index contributed by atoms with van der Waals surface area (Å²) in [6, 6.07) is 8.86. The van der Waals surface area contributed by atoms with Crippen LogP contribution < -0.4 is 15.5 Å². The number of aryl methyl sites for hydroxylation is 1. The molecule has 0 bridgehead atoms. The fourth-order valence-electron chi connectivity index (χ4n) is 4.38. The zero-order valence-corrected chi connectivity index (χ0v) is 20.8. The third-order valence-electron chi connectivity index (χ3n) is 6.26. The molecule has 0 aliphatic carbocycles. The number of nitrogens with one attached hydrogen (secondary N) is 2. The van der Waals surface area contributed by atoms with Crippen LogP contribution in [0.15, 0.2) is 30.3 Å². The van der Waals surface area contributed by atoms with E-state index in [-0.39, 0.29) is 19.5 Å². The second kappa shape index (κ2) is 11.5. The SMILES string of the molecule is Cc1ccc(NC(=O)N2CCC(OC(F)(F)F)C2)cc1-c1cc(NC[C@@H](C)O)nc(N2CCOCC2)c1. The molecule has 0 saturated carbocycles. The number of benzene rings is 1. The molecule has 2 amide bonds. The van der Waals surface area contributed by atoms with Crippen molar-refractivity contribution in [2.75, 3.05) is 61.5 Å². The van der Waals surface area contributed by atoms with E-state index in [0.29, 0.717) is 44.4 Å². The van der Waals surface area contributed by atoms with Gasteiger partial charge in [0.15, 0.2) is 0 Å². The van der Waals surface area contributed by atoms with Gasteiger partial charge in [0.05, 0.1) is 25.4 Å². The van der Waals surface area contributed by atoms with Gasteiger partial charge in [0.2, 0.25) is 0 Å². The molecule has 202 valence electrons. The Labute approximate surface area is 213 Å². The normalized spacial score (nSPS) is 19.1. The molecule has 9 nitrogen and oxygen atoms in total. The molecule has 3 N–H and O–H groups in total. The number of hydrogen-bond donors (Lipinski definition) is 3. The van der Waals surface area contributed by atoms with Gasteiger partial charge in [-0.15, -0.1) is 13.2 Å². The van der Waals surface area contributed by atoms with E-state index in [1.807, 2.05) is 31.2 Å². The molecule has 2 fully saturated rings. The minimum Gasteiger partial charge on any atom is -0.392 e. The van der Waals surface area contributed by atoms with Crippen molar-refractivity contribution in [3.63, 3.8) is 0 Å². The van der Waals surface area contributed by atoms with Crippen molar-refractivity contribution in [2.45, 2.75) is 38.8 Å². The third kappa shape index (κ3) is 7.46. The second-order valence-electron chi connectivity index (χ2n) is 9.31. The maximum absolute atomic E-state index is 12.7. The molecule has 2 atom stereocenters. The van der Waals surface area contributed by atoms with Crippen LogP contribution in [0.2, 0.25) is 0 Å². The molecule has 2 aromatic rings. The first-order valence-electron chi connectivity index (χ1n) is 12.3. The Hall–Kier alpha value is -3.09. The van der Waals surface area contributed by atoms with Crippen LogP contribution in [0.4, 0.5) is 35.3 Å². The van der Waals surface area contributed by atoms with Crippen LogP contribution in [0.5, 0.6) is 0 Å². The van der Waals surface area contributed by atoms with Gasteiger partial charge in [-0.2, -0.15) is 0 Å². The summed E-state index contributed by atoms with van der Waals surface area (Å²) in [6.07, 6.45) is -6.22. The Kier molecular flexibility index (Phi) is 8.40. The number of aromatic nitrogens is 1. The van der Waals surface area contributed by atoms with Gasteiger partial charge in [0, 0.05) is 38.4 Å². The first-order valence-corrected chi connectivity index (χ1v) is 12.3. The van der Waals surface area contributed by atoms with Crippen molar-refractivity contribution in [1.29, 1.82) is 0 Å². The van der Waals surface area contributed by atoms with E-state index in [2.05, 4.69) is 20.3 Å². The van der Waals surface area contributed by atoms with Gasteiger partial charge >= 0.3 is 12.4 Å². The number of amides is 2. The number of aliphatic hydroxyl groups excluding tert-OH is 1. The molecule has 1 aromatic carbocycles. The fraction of sp³-hybridized carbons (Fsp3) is 0.520. The number of carbonyl (C=O) groups is 1. The lowest BCUT2D eigenvalue weighted by Crippen LogP contribution is -2.36. The summed E-state index contributed by atoms with van der Waals surface area (Å²) in [4.78, 5) is 20.9. The standard InChI is InChI=1S/C25H32F3N5O4/c1-16-3-4-19(30-24(35)33-6-5-20(15-33)37-25(26,27)28)13-21(16)18-11-22(29-14-17(2)34)31-23(12-18)32-7-9-36-10-8-32/h3-4,11-13,17,20,34H,5-10,14-15H2,1-2H3,(H,29,31)(H,30,35)/t17-,20?/m1/s1. The number of pyridine rings is 1. The van der Waals surface area contributed by atoms with Crippen LogP contribution in [0, 0.1) is 6.92 Å². The van der Waals surface area contributed by atoms with Gasteiger partial charge < -0.3 is 30.3 Å². The molecular weight excluding hydrogens is 491 g/mol. The minimum absolute atomic E-state index is 0.121. The number of carbonyl (C=O) groups excluding carboxylic acids is 1. The Bertz CT molecular complexity index is 1090. The van der Waals surface area contributed by atoms with Crippen molar-refractivity contribution in [2.24, 2.45) is 0 Å². The van der Waals surface area contributed by atoms with Gasteiger partial charge in [-0.05, 0) is 61.2 Å². The number of likely N-dealkylation sites (tertiary alicyclic amines) is 1. The van der Waals surface area contributed by atoms with E-state index < -0.39 is 24.6 Å². The highest BCUT2D eigenvalue weighted by atomic mass is 19.4. The summed E-state index contributed by atoms with van der Waals surface area (Å²) in [5.74, 6) is 1.39. The summed E-state index contributed by atoms with van der Waals surface area (Å²) < 4.78 is 47.1. The number of alkyl halides is 3. The summed E-state index contributed by atoms with van der Waals surface area (Å²) in [5.41, 5.74) is 3.24. The van der Waals surface area contributed by atoms with E-state index in [1.165, 1.54) is 4.90 Å². The number of rotatable bonds is 7. The predicted molar refractivity (Wildman–Crippen MR) is 134 cm³/mol. The number of anilines is 3. The van der Waals surface area contributed by atoms with Crippen LogP contribution in [-0.4, -0.2) is 85.5 Å². The van der Waals surface area contributed by atoms with Crippen LogP contribution in [0.25, 0.3) is 11.1 Å². The molecule has 12 heteroatoms. The zero-order valence-electron chi connectivity index (χ0n) is 20.8. The van der Waals surface area contributed by atoms with Gasteiger partial charge in [0.25, 0.3) is 0 Å². The molecule has 0 spiro atoms. The molecule has 2 aliphatic heterocycles. The number of morpholine rings is 1. The van der Waals surface area contributed by atoms with Crippen LogP contribution in [0.3, 0.4) is 0 Å². The minimum atomic E-state index is -4.73. The number of aliphatic hydroxyl groups is 1. The van der Waals surface area contributed by atoms with Gasteiger partial charge in [-0.1, -0.05) is 6.07 Å². The van der Waals surface area contributed by atoms with E-state index >= 15 is 0 Å². The molecule has 2 saturated heterocycles. The topological polar surface area (TPSA) is 99.2 Å². The molecule has 0 radical (unpaired) electrons. The predicted octanol–water partition coefficient (Wildman–Crippen LogP) is 3.83. The number of halogens is 3. The van der Waals surface area contributed by atoms with E-state index in [9.17, 15) is 23.1 Å². The van der Waals surface area contributed by atoms with Gasteiger partial charge in [-0.3, -0.25) is 4.74 Å². The largest absolute Gasteiger partial charge is 0.522 e. The summed E-state index contributed by atoms with van der Waals surface area (Å²) in [6.45, 7) is 6.65. The van der Waals surface area contributed by atoms with Gasteiger partial charge in [0.1, 0.15) is 11.6 Å². The molecule has 37 heavy (non-hydrogen) atoms. The molecule has 3 heterocycles. The van der Waals surface area contributed by atoms with Gasteiger partial charge in [-0.25, -0.2) is 9.78 Å². The maximum Gasteiger partial charge on any atom is 0.522 e. The quantitative estimate of drug-likeness (QED) is 0.507. The van der Waals surface area contributed by atoms with E-state index in [4.69, 9.17) is 9.72 Å². The second-order valence-corrected chi connectivity index (χ2v) is 9.31. The lowest BCUT2D eigenvalue weighted by molar-refractivity contribution is -0.340. The Balaban J connectivity index is 1.54. The molecule has 4 rings (SSSR count). The van der Waals surface area contributed by atoms with E-state index in [0.717, 1.165) is 22.5 Å². The number of nitrogens with zero attached hydrogens (tertiary/aromatic N) is 3. The van der Waals surface area contributed by atoms with Crippen molar-refractivity contribution < 1.29 is 32.5 Å². The first-order chi connectivity index (χ1) is 17.6. The lowest BCUT2D eigenvalue weighted by atomic mass is 10.00. The highest BCUT2D eigenvalue weighted by Gasteiger charge is 2.37. The highest BCUT2D eigenvalue weighted by Crippen LogP contribution is 2.32. The van der Waals surface area contributed by atoms with Crippen molar-refractivity contribution >= 4 is 23.4 Å². The Morgan fingerprint density at radius 3 is 2.70 bits per heavy atom. The molecule has 1 unspecified atom stereocenters. The van der Waals surface area contributed by atoms with Crippen molar-refractivity contribution in [1.82, 2.24) is 9.88 Å². The summed E-state index contributed by atoms with van der Waals surface area (Å²) in [7, 11) is 0. The van der Waals surface area contributed by atoms with Crippen LogP contribution >= 0.6 is 0 Å². The van der Waals surface area contributed by atoms with Crippen molar-refractivity contribution in [3.8, 4) is 11.1 Å². The first kappa shape index (κ1) is 27.0. The molecule has 2 aliphatic rings. The van der Waals surface area contributed by atoms with Crippen LogP contribution in [0.1, 0.15) is 18.9 Å². The average Bonchev–Trinajstić information content (AvgIpc) is 3.31. The monoisotopic (exact) mass is 523 g/mol. The summed E-state index contributed by atoms with van der Waals surface area (Å²) >= 11 is 0. The Morgan fingerprint density at radius 1 is 1.24 bits per heavy atom. The van der Waals surface area contributed by atoms with Crippen molar-refractivity contribution in [3.05, 3.63) is 35.9 Å². The number of urea groups is 1. The number of ether oxygens (including phenoxy) is 2. The summed E-state index contributed by atoms with van der Waals surface area (Å²) in [5, 5.41) is 15.7. The third-order valence-corrected chi connectivity index (χ3v) is 6.26. The lowest BCUT2D eigenvalue weighted by Gasteiger charge is -2.28. The fourth-order valence-corrected chi connectivity index (χ4v) is 4.38. The number of hydrogen-bond acceptors (Lipinski definition) is 7. The molecular formula is C25H32F3N5O4. The smallest absolute Gasteiger partial charge is 0.392 e. The zero-order chi connectivity index (χ0) is 26.6. The molecule has 1 aromatic heterocycles. The average molecular weight is 524 g/mol. The Morgan fingerprint density at radius 2 is 2.00 bits per heavy atom. The highest BCUT2D eigenvalue weighted by molar-refractivity contribution is 5.91. The maximum atomic E-state index is 12.7. The van der Waals surface area contributed by atoms with E-state index in [1.54, 1.807) is 13.0 Å². The van der Waals surface area contributed by atoms with Crippen LogP contribution in [-0.2, 0) is 9.47 Å².